The van der Waals surface area contributed by atoms with Crippen molar-refractivity contribution in [2.24, 2.45) is 0 Å². The molecule has 0 saturated carbocycles. The molecule has 1 N–H and O–H groups in total. The number of carbonyl (C=O) groups excluding carboxylic acids is 2. The molecular formula is C15H27N3O2. The second-order valence-electron chi connectivity index (χ2n) is 6.08. The molecular weight excluding hydrogens is 254 g/mol. The Bertz CT molecular complexity index is 372. The van der Waals surface area contributed by atoms with Crippen LogP contribution in [-0.2, 0) is 9.59 Å². The van der Waals surface area contributed by atoms with Crippen molar-refractivity contribution in [2.75, 3.05) is 20.1 Å². The van der Waals surface area contributed by atoms with Gasteiger partial charge >= 0.3 is 0 Å². The predicted octanol–water partition coefficient (Wildman–Crippen LogP) is 0.986. The first-order chi connectivity index (χ1) is 9.58. The Morgan fingerprint density at radius 1 is 1.30 bits per heavy atom. The second-order valence-corrected chi connectivity index (χ2v) is 6.08. The van der Waals surface area contributed by atoms with Gasteiger partial charge in [-0.3, -0.25) is 9.59 Å². The molecule has 2 amide bonds. The Balaban J connectivity index is 2.19. The molecule has 5 heteroatoms. The molecule has 20 heavy (non-hydrogen) atoms. The Kier molecular flexibility index (Phi) is 5.02. The Morgan fingerprint density at radius 3 is 2.65 bits per heavy atom. The summed E-state index contributed by atoms with van der Waals surface area (Å²) in [4.78, 5) is 29.2. The van der Waals surface area contributed by atoms with Crippen LogP contribution in [0.5, 0.6) is 0 Å². The maximum atomic E-state index is 12.7. The van der Waals surface area contributed by atoms with Crippen molar-refractivity contribution in [1.29, 1.82) is 0 Å². The molecule has 114 valence electrons. The van der Waals surface area contributed by atoms with Gasteiger partial charge < -0.3 is 15.1 Å². The van der Waals surface area contributed by atoms with Crippen LogP contribution in [-0.4, -0.2) is 59.9 Å². The first kappa shape index (κ1) is 15.3. The SMILES string of the molecule is CCCC1NC(=O)C(CC)N(C2CCCN(C)C2)C1=O. The van der Waals surface area contributed by atoms with E-state index in [4.69, 9.17) is 0 Å². The fourth-order valence-corrected chi connectivity index (χ4v) is 3.46. The van der Waals surface area contributed by atoms with Crippen molar-refractivity contribution in [1.82, 2.24) is 15.1 Å². The lowest BCUT2D eigenvalue weighted by Gasteiger charge is -2.46. The van der Waals surface area contributed by atoms with Gasteiger partial charge in [0.2, 0.25) is 11.8 Å². The summed E-state index contributed by atoms with van der Waals surface area (Å²) in [5, 5.41) is 2.90. The van der Waals surface area contributed by atoms with Crippen LogP contribution in [0.2, 0.25) is 0 Å². The van der Waals surface area contributed by atoms with E-state index in [1.165, 1.54) is 0 Å². The van der Waals surface area contributed by atoms with Gasteiger partial charge in [-0.05, 0) is 39.3 Å². The molecule has 2 aliphatic rings. The maximum Gasteiger partial charge on any atom is 0.246 e. The summed E-state index contributed by atoms with van der Waals surface area (Å²) < 4.78 is 0. The van der Waals surface area contributed by atoms with E-state index in [-0.39, 0.29) is 29.9 Å². The third-order valence-electron chi connectivity index (χ3n) is 4.46. The Labute approximate surface area is 121 Å². The number of piperazine rings is 1. The molecule has 0 spiro atoms. The van der Waals surface area contributed by atoms with Gasteiger partial charge in [0.1, 0.15) is 12.1 Å². The average Bonchev–Trinajstić information content (AvgIpc) is 2.42. The smallest absolute Gasteiger partial charge is 0.246 e. The van der Waals surface area contributed by atoms with Crippen molar-refractivity contribution in [3.63, 3.8) is 0 Å². The second kappa shape index (κ2) is 6.57. The van der Waals surface area contributed by atoms with Gasteiger partial charge in [0.25, 0.3) is 0 Å². The number of hydrogen-bond donors (Lipinski definition) is 1. The normalized spacial score (nSPS) is 32.4. The number of nitrogens with one attached hydrogen (secondary N) is 1. The summed E-state index contributed by atoms with van der Waals surface area (Å²) in [5.74, 6) is 0.150. The summed E-state index contributed by atoms with van der Waals surface area (Å²) in [7, 11) is 2.09. The molecule has 3 atom stereocenters. The quantitative estimate of drug-likeness (QED) is 0.836. The van der Waals surface area contributed by atoms with Gasteiger partial charge in [0.05, 0.1) is 0 Å². The summed E-state index contributed by atoms with van der Waals surface area (Å²) in [5.41, 5.74) is 0. The van der Waals surface area contributed by atoms with Crippen LogP contribution < -0.4 is 5.32 Å². The minimum Gasteiger partial charge on any atom is -0.343 e. The van der Waals surface area contributed by atoms with Crippen LogP contribution in [0.15, 0.2) is 0 Å². The van der Waals surface area contributed by atoms with E-state index in [2.05, 4.69) is 17.3 Å². The highest BCUT2D eigenvalue weighted by atomic mass is 16.2. The fraction of sp³-hybridized carbons (Fsp3) is 0.867. The van der Waals surface area contributed by atoms with Gasteiger partial charge in [-0.15, -0.1) is 0 Å². The summed E-state index contributed by atoms with van der Waals surface area (Å²) in [6.45, 7) is 6.00. The van der Waals surface area contributed by atoms with Crippen LogP contribution in [0, 0.1) is 0 Å². The molecule has 5 nitrogen and oxygen atoms in total. The van der Waals surface area contributed by atoms with Gasteiger partial charge in [-0.1, -0.05) is 20.3 Å². The van der Waals surface area contributed by atoms with Crippen LogP contribution >= 0.6 is 0 Å². The first-order valence-corrected chi connectivity index (χ1v) is 7.89. The van der Waals surface area contributed by atoms with Crippen molar-refractivity contribution in [3.05, 3.63) is 0 Å². The molecule has 3 unspecified atom stereocenters. The van der Waals surface area contributed by atoms with Crippen molar-refractivity contribution >= 4 is 11.8 Å². The highest BCUT2D eigenvalue weighted by Crippen LogP contribution is 2.23. The summed E-state index contributed by atoms with van der Waals surface area (Å²) in [6, 6.07) is -0.411. The molecule has 2 aliphatic heterocycles. The van der Waals surface area contributed by atoms with Gasteiger partial charge in [-0.2, -0.15) is 0 Å². The maximum absolute atomic E-state index is 12.7. The number of hydrogen-bond acceptors (Lipinski definition) is 3. The van der Waals surface area contributed by atoms with E-state index in [1.54, 1.807) is 0 Å². The monoisotopic (exact) mass is 281 g/mol. The zero-order valence-corrected chi connectivity index (χ0v) is 12.9. The number of likely N-dealkylation sites (tertiary alicyclic amines) is 1. The van der Waals surface area contributed by atoms with Crippen molar-refractivity contribution in [2.45, 2.75) is 64.1 Å². The van der Waals surface area contributed by atoms with Crippen molar-refractivity contribution < 1.29 is 9.59 Å². The van der Waals surface area contributed by atoms with E-state index in [1.807, 2.05) is 18.7 Å². The minimum absolute atomic E-state index is 0.0266. The minimum atomic E-state index is -0.317. The molecule has 0 aromatic heterocycles. The highest BCUT2D eigenvalue weighted by molar-refractivity contribution is 5.97. The van der Waals surface area contributed by atoms with E-state index < -0.39 is 0 Å². The van der Waals surface area contributed by atoms with E-state index in [0.717, 1.165) is 38.8 Å². The lowest BCUT2D eigenvalue weighted by Crippen LogP contribution is -2.67. The molecule has 2 rings (SSSR count). The molecule has 0 bridgehead atoms. The third kappa shape index (κ3) is 2.97. The predicted molar refractivity (Wildman–Crippen MR) is 78.3 cm³/mol. The Morgan fingerprint density at radius 2 is 2.05 bits per heavy atom. The largest absolute Gasteiger partial charge is 0.343 e. The van der Waals surface area contributed by atoms with E-state index in [0.29, 0.717) is 6.42 Å². The number of carbonyl (C=O) groups is 2. The number of nitrogens with zero attached hydrogens (tertiary/aromatic N) is 2. The summed E-state index contributed by atoms with van der Waals surface area (Å²) >= 11 is 0. The zero-order valence-electron chi connectivity index (χ0n) is 12.9. The molecule has 0 aliphatic carbocycles. The lowest BCUT2D eigenvalue weighted by molar-refractivity contribution is -0.153. The molecule has 2 saturated heterocycles. The topological polar surface area (TPSA) is 52.7 Å². The molecule has 0 aromatic rings. The molecule has 2 heterocycles. The third-order valence-corrected chi connectivity index (χ3v) is 4.46. The van der Waals surface area contributed by atoms with Crippen LogP contribution in [0.1, 0.15) is 46.0 Å². The zero-order chi connectivity index (χ0) is 14.7. The van der Waals surface area contributed by atoms with E-state index in [9.17, 15) is 9.59 Å². The first-order valence-electron chi connectivity index (χ1n) is 7.89. The Hall–Kier alpha value is -1.10. The van der Waals surface area contributed by atoms with Crippen molar-refractivity contribution in [3.8, 4) is 0 Å². The van der Waals surface area contributed by atoms with Crippen LogP contribution in [0.25, 0.3) is 0 Å². The van der Waals surface area contributed by atoms with Crippen LogP contribution in [0.3, 0.4) is 0 Å². The standard InChI is InChI=1S/C15H27N3O2/c1-4-7-12-15(20)18(13(5-2)14(19)16-12)11-8-6-9-17(3)10-11/h11-13H,4-10H2,1-3H3,(H,16,19). The van der Waals surface area contributed by atoms with Gasteiger partial charge in [0.15, 0.2) is 0 Å². The number of rotatable bonds is 4. The average molecular weight is 281 g/mol. The lowest BCUT2D eigenvalue weighted by atomic mass is 9.95. The number of amides is 2. The van der Waals surface area contributed by atoms with Crippen LogP contribution in [0.4, 0.5) is 0 Å². The van der Waals surface area contributed by atoms with Gasteiger partial charge in [0, 0.05) is 12.6 Å². The number of likely N-dealkylation sites (N-methyl/N-ethyl adjacent to an activating group) is 1. The molecule has 2 fully saturated rings. The van der Waals surface area contributed by atoms with E-state index >= 15 is 0 Å². The fourth-order valence-electron chi connectivity index (χ4n) is 3.46. The molecule has 0 aromatic carbocycles. The number of piperidine rings is 1. The molecule has 0 radical (unpaired) electrons. The highest BCUT2D eigenvalue weighted by Gasteiger charge is 2.43. The van der Waals surface area contributed by atoms with Gasteiger partial charge in [-0.25, -0.2) is 0 Å². The summed E-state index contributed by atoms with van der Waals surface area (Å²) in [6.07, 6.45) is 4.45.